The van der Waals surface area contributed by atoms with Crippen LogP contribution in [0.25, 0.3) is 0 Å². The van der Waals surface area contributed by atoms with Gasteiger partial charge in [0, 0.05) is 23.4 Å². The van der Waals surface area contributed by atoms with Crippen molar-refractivity contribution >= 4 is 0 Å². The molecule has 1 N–H and O–H groups in total. The molecule has 0 amide bonds. The normalized spacial score (nSPS) is 12.2. The predicted octanol–water partition coefficient (Wildman–Crippen LogP) is 2.68. The van der Waals surface area contributed by atoms with Crippen LogP contribution in [0.4, 0.5) is 8.78 Å². The highest BCUT2D eigenvalue weighted by atomic mass is 19.1. The van der Waals surface area contributed by atoms with Gasteiger partial charge in [-0.05, 0) is 19.2 Å². The van der Waals surface area contributed by atoms with E-state index in [1.54, 1.807) is 19.2 Å². The second kappa shape index (κ2) is 5.75. The third-order valence-corrected chi connectivity index (χ3v) is 2.92. The van der Waals surface area contributed by atoms with Gasteiger partial charge >= 0.3 is 0 Å². The fourth-order valence-electron chi connectivity index (χ4n) is 1.97. The summed E-state index contributed by atoms with van der Waals surface area (Å²) in [6.07, 6.45) is 2.59. The Hall–Kier alpha value is -2.01. The zero-order chi connectivity index (χ0) is 13.8. The molecule has 2 rings (SSSR count). The van der Waals surface area contributed by atoms with E-state index in [9.17, 15) is 8.78 Å². The highest BCUT2D eigenvalue weighted by Gasteiger charge is 2.19. The lowest BCUT2D eigenvalue weighted by molar-refractivity contribution is 0.410. The van der Waals surface area contributed by atoms with Gasteiger partial charge < -0.3 is 10.1 Å². The van der Waals surface area contributed by atoms with Crippen molar-refractivity contribution in [2.75, 3.05) is 14.2 Å². The highest BCUT2D eigenvalue weighted by Crippen LogP contribution is 2.27. The Balaban J connectivity index is 2.46. The molecule has 19 heavy (non-hydrogen) atoms. The molecule has 0 spiro atoms. The smallest absolute Gasteiger partial charge is 0.146 e. The number of hydrogen-bond donors (Lipinski definition) is 1. The number of benzene rings is 1. The van der Waals surface area contributed by atoms with Crippen LogP contribution in [0.2, 0.25) is 0 Å². The summed E-state index contributed by atoms with van der Waals surface area (Å²) in [5.74, 6) is -0.502. The van der Waals surface area contributed by atoms with Crippen molar-refractivity contribution in [2.24, 2.45) is 0 Å². The van der Waals surface area contributed by atoms with E-state index in [1.807, 2.05) is 0 Å². The maximum absolute atomic E-state index is 14.0. The second-order valence-corrected chi connectivity index (χ2v) is 4.01. The van der Waals surface area contributed by atoms with Crippen LogP contribution in [0, 0.1) is 11.6 Å². The molecule has 1 atom stereocenters. The monoisotopic (exact) mass is 264 g/mol. The first kappa shape index (κ1) is 13.4. The van der Waals surface area contributed by atoms with Crippen LogP contribution in [0.15, 0.2) is 36.7 Å². The van der Waals surface area contributed by atoms with Crippen LogP contribution in [0.3, 0.4) is 0 Å². The first-order valence-corrected chi connectivity index (χ1v) is 5.77. The number of aromatic nitrogens is 1. The van der Waals surface area contributed by atoms with E-state index < -0.39 is 17.7 Å². The van der Waals surface area contributed by atoms with Crippen LogP contribution < -0.4 is 10.1 Å². The summed E-state index contributed by atoms with van der Waals surface area (Å²) in [6, 6.07) is 5.45. The summed E-state index contributed by atoms with van der Waals surface area (Å²) in [5, 5.41) is 2.91. The van der Waals surface area contributed by atoms with Crippen molar-refractivity contribution in [1.29, 1.82) is 0 Å². The summed E-state index contributed by atoms with van der Waals surface area (Å²) in [6.45, 7) is 0. The summed E-state index contributed by atoms with van der Waals surface area (Å²) >= 11 is 0. The van der Waals surface area contributed by atoms with Gasteiger partial charge in [0.25, 0.3) is 0 Å². The fourth-order valence-corrected chi connectivity index (χ4v) is 1.97. The number of nitrogens with zero attached hydrogens (tertiary/aromatic N) is 1. The quantitative estimate of drug-likeness (QED) is 0.922. The molecule has 100 valence electrons. The third-order valence-electron chi connectivity index (χ3n) is 2.92. The lowest BCUT2D eigenvalue weighted by atomic mass is 9.98. The SMILES string of the molecule is CNC(c1ccncc1F)c1ccc(OC)cc1F. The number of ether oxygens (including phenoxy) is 1. The van der Waals surface area contributed by atoms with E-state index in [1.165, 1.54) is 25.4 Å². The molecule has 1 unspecified atom stereocenters. The number of hydrogen-bond acceptors (Lipinski definition) is 3. The van der Waals surface area contributed by atoms with E-state index in [4.69, 9.17) is 4.74 Å². The largest absolute Gasteiger partial charge is 0.497 e. The van der Waals surface area contributed by atoms with Gasteiger partial charge in [0.05, 0.1) is 19.3 Å². The van der Waals surface area contributed by atoms with E-state index in [0.717, 1.165) is 6.20 Å². The van der Waals surface area contributed by atoms with Crippen molar-refractivity contribution in [2.45, 2.75) is 6.04 Å². The van der Waals surface area contributed by atoms with Crippen molar-refractivity contribution in [1.82, 2.24) is 10.3 Å². The van der Waals surface area contributed by atoms with Crippen LogP contribution in [0.1, 0.15) is 17.2 Å². The Morgan fingerprint density at radius 3 is 2.47 bits per heavy atom. The Kier molecular flexibility index (Phi) is 4.06. The number of rotatable bonds is 4. The maximum Gasteiger partial charge on any atom is 0.146 e. The van der Waals surface area contributed by atoms with Gasteiger partial charge in [0.2, 0.25) is 0 Å². The summed E-state index contributed by atoms with van der Waals surface area (Å²) in [4.78, 5) is 3.69. The Bertz CT molecular complexity index is 575. The molecule has 0 aliphatic carbocycles. The Morgan fingerprint density at radius 1 is 1.16 bits per heavy atom. The molecule has 0 fully saturated rings. The molecule has 0 saturated carbocycles. The van der Waals surface area contributed by atoms with Gasteiger partial charge in [0.15, 0.2) is 0 Å². The number of pyridine rings is 1. The van der Waals surface area contributed by atoms with Crippen LogP contribution in [-0.4, -0.2) is 19.1 Å². The van der Waals surface area contributed by atoms with Gasteiger partial charge in [-0.25, -0.2) is 8.78 Å². The molecule has 2 aromatic rings. The third kappa shape index (κ3) is 2.71. The minimum Gasteiger partial charge on any atom is -0.497 e. The first-order chi connectivity index (χ1) is 9.17. The molecular formula is C14H14F2N2O. The van der Waals surface area contributed by atoms with Gasteiger partial charge in [-0.1, -0.05) is 6.07 Å². The zero-order valence-electron chi connectivity index (χ0n) is 10.7. The van der Waals surface area contributed by atoms with Gasteiger partial charge in [-0.2, -0.15) is 0 Å². The first-order valence-electron chi connectivity index (χ1n) is 5.77. The van der Waals surface area contributed by atoms with Crippen molar-refractivity contribution in [3.05, 3.63) is 59.4 Å². The topological polar surface area (TPSA) is 34.2 Å². The molecule has 0 radical (unpaired) electrons. The summed E-state index contributed by atoms with van der Waals surface area (Å²) in [7, 11) is 3.11. The Labute approximate surface area is 110 Å². The fraction of sp³-hybridized carbons (Fsp3) is 0.214. The average molecular weight is 264 g/mol. The minimum atomic E-state index is -0.575. The average Bonchev–Trinajstić information content (AvgIpc) is 2.43. The molecule has 1 aromatic carbocycles. The van der Waals surface area contributed by atoms with Crippen LogP contribution in [-0.2, 0) is 0 Å². The molecule has 1 heterocycles. The molecule has 1 aromatic heterocycles. The molecule has 0 saturated heterocycles. The van der Waals surface area contributed by atoms with E-state index in [2.05, 4.69) is 10.3 Å². The number of nitrogens with one attached hydrogen (secondary N) is 1. The predicted molar refractivity (Wildman–Crippen MR) is 68.0 cm³/mol. The van der Waals surface area contributed by atoms with Crippen LogP contribution >= 0.6 is 0 Å². The van der Waals surface area contributed by atoms with Crippen molar-refractivity contribution in [3.63, 3.8) is 0 Å². The highest BCUT2D eigenvalue weighted by molar-refractivity contribution is 5.36. The molecule has 5 heteroatoms. The summed E-state index contributed by atoms with van der Waals surface area (Å²) in [5.41, 5.74) is 0.704. The van der Waals surface area contributed by atoms with E-state index >= 15 is 0 Å². The molecule has 3 nitrogen and oxygen atoms in total. The lowest BCUT2D eigenvalue weighted by Gasteiger charge is -2.18. The second-order valence-electron chi connectivity index (χ2n) is 4.01. The van der Waals surface area contributed by atoms with Crippen molar-refractivity contribution in [3.8, 4) is 5.75 Å². The van der Waals surface area contributed by atoms with Crippen molar-refractivity contribution < 1.29 is 13.5 Å². The zero-order valence-corrected chi connectivity index (χ0v) is 10.7. The summed E-state index contributed by atoms with van der Waals surface area (Å²) < 4.78 is 32.7. The Morgan fingerprint density at radius 2 is 1.89 bits per heavy atom. The number of methoxy groups -OCH3 is 1. The van der Waals surface area contributed by atoms with E-state index in [-0.39, 0.29) is 0 Å². The van der Waals surface area contributed by atoms with Crippen LogP contribution in [0.5, 0.6) is 5.75 Å². The molecule has 0 aliphatic heterocycles. The van der Waals surface area contributed by atoms with E-state index in [0.29, 0.717) is 16.9 Å². The molecular weight excluding hydrogens is 250 g/mol. The minimum absolute atomic E-state index is 0.349. The van der Waals surface area contributed by atoms with Gasteiger partial charge in [-0.15, -0.1) is 0 Å². The van der Waals surface area contributed by atoms with Gasteiger partial charge in [-0.3, -0.25) is 4.98 Å². The molecule has 0 aliphatic rings. The molecule has 0 bridgehead atoms. The van der Waals surface area contributed by atoms with Gasteiger partial charge in [0.1, 0.15) is 17.4 Å². The number of halogens is 2. The lowest BCUT2D eigenvalue weighted by Crippen LogP contribution is -2.20. The standard InChI is InChI=1S/C14H14F2N2O/c1-17-14(11-5-6-18-8-13(11)16)10-4-3-9(19-2)7-12(10)15/h3-8,14,17H,1-2H3. The maximum atomic E-state index is 14.0.